The molecule has 0 spiro atoms. The Kier molecular flexibility index (Phi) is 5.66. The first-order chi connectivity index (χ1) is 13.1. The fourth-order valence-electron chi connectivity index (χ4n) is 2.71. The molecule has 6 heteroatoms. The summed E-state index contributed by atoms with van der Waals surface area (Å²) in [6, 6.07) is 18.7. The van der Waals surface area contributed by atoms with Gasteiger partial charge in [0.2, 0.25) is 0 Å². The van der Waals surface area contributed by atoms with Gasteiger partial charge in [0.15, 0.2) is 11.5 Å². The summed E-state index contributed by atoms with van der Waals surface area (Å²) < 4.78 is 5.14. The number of rotatable bonds is 6. The molecule has 0 aliphatic rings. The molecule has 27 heavy (non-hydrogen) atoms. The van der Waals surface area contributed by atoms with Gasteiger partial charge >= 0.3 is 0 Å². The summed E-state index contributed by atoms with van der Waals surface area (Å²) in [7, 11) is 1.62. The maximum absolute atomic E-state index is 12.8. The van der Waals surface area contributed by atoms with Crippen LogP contribution in [-0.4, -0.2) is 29.8 Å². The molecule has 0 atom stereocenters. The number of aryl methyl sites for hydroxylation is 1. The summed E-state index contributed by atoms with van der Waals surface area (Å²) in [5.74, 6) is 1.17. The van der Waals surface area contributed by atoms with Gasteiger partial charge in [-0.05, 0) is 67.9 Å². The van der Waals surface area contributed by atoms with Gasteiger partial charge in [0.05, 0.1) is 7.11 Å². The fraction of sp³-hybridized carbons (Fsp3) is 0.190. The van der Waals surface area contributed by atoms with Crippen LogP contribution in [0.2, 0.25) is 0 Å². The molecule has 0 saturated carbocycles. The molecule has 3 rings (SSSR count). The van der Waals surface area contributed by atoms with E-state index in [2.05, 4.69) is 15.5 Å². The van der Waals surface area contributed by atoms with Crippen molar-refractivity contribution in [2.24, 2.45) is 0 Å². The van der Waals surface area contributed by atoms with Crippen molar-refractivity contribution < 1.29 is 9.53 Å². The zero-order valence-corrected chi connectivity index (χ0v) is 15.6. The topological polar surface area (TPSA) is 67.4 Å². The molecule has 0 aliphatic heterocycles. The summed E-state index contributed by atoms with van der Waals surface area (Å²) in [6.45, 7) is 4.49. The number of nitrogens with one attached hydrogen (secondary N) is 1. The number of hydrogen-bond donors (Lipinski definition) is 1. The van der Waals surface area contributed by atoms with E-state index in [4.69, 9.17) is 4.74 Å². The second kappa shape index (κ2) is 8.31. The molecular formula is C21H22N4O2. The van der Waals surface area contributed by atoms with E-state index in [1.165, 1.54) is 0 Å². The Morgan fingerprint density at radius 2 is 1.85 bits per heavy atom. The van der Waals surface area contributed by atoms with Crippen molar-refractivity contribution in [2.75, 3.05) is 23.9 Å². The predicted molar refractivity (Wildman–Crippen MR) is 107 cm³/mol. The maximum Gasteiger partial charge on any atom is 0.278 e. The van der Waals surface area contributed by atoms with Crippen LogP contribution in [-0.2, 0) is 0 Å². The van der Waals surface area contributed by atoms with Crippen molar-refractivity contribution in [2.45, 2.75) is 13.8 Å². The number of amides is 1. The summed E-state index contributed by atoms with van der Waals surface area (Å²) in [5, 5.41) is 11.4. The zero-order chi connectivity index (χ0) is 19.2. The SMILES string of the molecule is CCN(C(=O)c1ccc(Nc2ccc(OC)cc2)nn1)c1cccc(C)c1. The van der Waals surface area contributed by atoms with Crippen molar-refractivity contribution >= 4 is 23.1 Å². The molecule has 0 bridgehead atoms. The Bertz CT molecular complexity index is 908. The van der Waals surface area contributed by atoms with Crippen LogP contribution in [0.4, 0.5) is 17.2 Å². The number of benzene rings is 2. The average molecular weight is 362 g/mol. The van der Waals surface area contributed by atoms with Crippen LogP contribution in [0, 0.1) is 6.92 Å². The first-order valence-corrected chi connectivity index (χ1v) is 8.74. The number of hydrogen-bond acceptors (Lipinski definition) is 5. The third-order valence-electron chi connectivity index (χ3n) is 4.12. The third-order valence-corrected chi connectivity index (χ3v) is 4.12. The number of nitrogens with zero attached hydrogens (tertiary/aromatic N) is 3. The zero-order valence-electron chi connectivity index (χ0n) is 15.6. The van der Waals surface area contributed by atoms with Gasteiger partial charge in [-0.1, -0.05) is 12.1 Å². The molecule has 1 heterocycles. The Morgan fingerprint density at radius 1 is 1.07 bits per heavy atom. The molecule has 0 fully saturated rings. The fourth-order valence-corrected chi connectivity index (χ4v) is 2.71. The lowest BCUT2D eigenvalue weighted by molar-refractivity contribution is 0.0982. The maximum atomic E-state index is 12.8. The number of aromatic nitrogens is 2. The number of carbonyl (C=O) groups excluding carboxylic acids is 1. The van der Waals surface area contributed by atoms with Crippen LogP contribution >= 0.6 is 0 Å². The van der Waals surface area contributed by atoms with Gasteiger partial charge < -0.3 is 15.0 Å². The van der Waals surface area contributed by atoms with Gasteiger partial charge in [0.25, 0.3) is 5.91 Å². The predicted octanol–water partition coefficient (Wildman–Crippen LogP) is 4.20. The Morgan fingerprint density at radius 3 is 2.44 bits per heavy atom. The van der Waals surface area contributed by atoms with Crippen molar-refractivity contribution in [3.8, 4) is 5.75 Å². The highest BCUT2D eigenvalue weighted by Gasteiger charge is 2.18. The van der Waals surface area contributed by atoms with E-state index in [1.54, 1.807) is 24.1 Å². The standard InChI is InChI=1S/C21H22N4O2/c1-4-25(17-7-5-6-15(2)14-17)21(26)19-12-13-20(24-23-19)22-16-8-10-18(27-3)11-9-16/h5-14H,4H2,1-3H3,(H,22,24). The summed E-state index contributed by atoms with van der Waals surface area (Å²) in [4.78, 5) is 14.5. The Balaban J connectivity index is 1.74. The van der Waals surface area contributed by atoms with E-state index in [0.29, 0.717) is 18.1 Å². The number of ether oxygens (including phenoxy) is 1. The molecule has 0 saturated heterocycles. The normalized spacial score (nSPS) is 10.3. The molecule has 0 unspecified atom stereocenters. The lowest BCUT2D eigenvalue weighted by atomic mass is 10.2. The molecule has 0 aliphatic carbocycles. The largest absolute Gasteiger partial charge is 0.497 e. The summed E-state index contributed by atoms with van der Waals surface area (Å²) in [6.07, 6.45) is 0. The minimum atomic E-state index is -0.174. The van der Waals surface area contributed by atoms with Crippen LogP contribution in [0.25, 0.3) is 0 Å². The average Bonchev–Trinajstić information content (AvgIpc) is 2.70. The van der Waals surface area contributed by atoms with Gasteiger partial charge in [-0.2, -0.15) is 0 Å². The number of anilines is 3. The van der Waals surface area contributed by atoms with E-state index in [1.807, 2.05) is 62.4 Å². The van der Waals surface area contributed by atoms with Crippen LogP contribution < -0.4 is 15.0 Å². The highest BCUT2D eigenvalue weighted by Crippen LogP contribution is 2.20. The Labute approximate surface area is 158 Å². The molecule has 1 N–H and O–H groups in total. The lowest BCUT2D eigenvalue weighted by Crippen LogP contribution is -2.31. The van der Waals surface area contributed by atoms with Crippen molar-refractivity contribution in [3.63, 3.8) is 0 Å². The minimum absolute atomic E-state index is 0.174. The minimum Gasteiger partial charge on any atom is -0.497 e. The van der Waals surface area contributed by atoms with Crippen LogP contribution in [0.1, 0.15) is 23.0 Å². The third kappa shape index (κ3) is 4.41. The summed E-state index contributed by atoms with van der Waals surface area (Å²) in [5.41, 5.74) is 3.12. The van der Waals surface area contributed by atoms with E-state index >= 15 is 0 Å². The lowest BCUT2D eigenvalue weighted by Gasteiger charge is -2.20. The molecule has 2 aromatic carbocycles. The van der Waals surface area contributed by atoms with Crippen LogP contribution in [0.3, 0.4) is 0 Å². The monoisotopic (exact) mass is 362 g/mol. The summed E-state index contributed by atoms with van der Waals surface area (Å²) >= 11 is 0. The van der Waals surface area contributed by atoms with E-state index in [-0.39, 0.29) is 5.91 Å². The first-order valence-electron chi connectivity index (χ1n) is 8.74. The molecule has 0 radical (unpaired) electrons. The first kappa shape index (κ1) is 18.4. The van der Waals surface area contributed by atoms with Crippen molar-refractivity contribution in [1.29, 1.82) is 0 Å². The molecule has 1 aromatic heterocycles. The number of methoxy groups -OCH3 is 1. The van der Waals surface area contributed by atoms with Gasteiger partial charge in [0, 0.05) is 17.9 Å². The second-order valence-electron chi connectivity index (χ2n) is 6.05. The van der Waals surface area contributed by atoms with Crippen molar-refractivity contribution in [1.82, 2.24) is 10.2 Å². The van der Waals surface area contributed by atoms with E-state index in [0.717, 1.165) is 22.7 Å². The second-order valence-corrected chi connectivity index (χ2v) is 6.05. The molecule has 138 valence electrons. The number of carbonyl (C=O) groups is 1. The highest BCUT2D eigenvalue weighted by atomic mass is 16.5. The van der Waals surface area contributed by atoms with Crippen molar-refractivity contribution in [3.05, 3.63) is 71.9 Å². The molecular weight excluding hydrogens is 340 g/mol. The van der Waals surface area contributed by atoms with E-state index < -0.39 is 0 Å². The van der Waals surface area contributed by atoms with Crippen LogP contribution in [0.15, 0.2) is 60.7 Å². The molecule has 3 aromatic rings. The quantitative estimate of drug-likeness (QED) is 0.712. The molecule has 1 amide bonds. The molecule has 6 nitrogen and oxygen atoms in total. The Hall–Kier alpha value is -3.41. The van der Waals surface area contributed by atoms with Gasteiger partial charge in [-0.25, -0.2) is 0 Å². The smallest absolute Gasteiger partial charge is 0.278 e. The highest BCUT2D eigenvalue weighted by molar-refractivity contribution is 6.04. The van der Waals surface area contributed by atoms with Gasteiger partial charge in [-0.3, -0.25) is 4.79 Å². The van der Waals surface area contributed by atoms with Crippen LogP contribution in [0.5, 0.6) is 5.75 Å². The van der Waals surface area contributed by atoms with E-state index in [9.17, 15) is 4.79 Å². The van der Waals surface area contributed by atoms with Gasteiger partial charge in [0.1, 0.15) is 5.75 Å². The van der Waals surface area contributed by atoms with Gasteiger partial charge in [-0.15, -0.1) is 10.2 Å².